The van der Waals surface area contributed by atoms with Crippen LogP contribution >= 0.6 is 11.6 Å². The number of halogens is 1. The predicted octanol–water partition coefficient (Wildman–Crippen LogP) is 2.36. The number of carboxylic acid groups (broad SMARTS) is 1. The quantitative estimate of drug-likeness (QED) is 0.797. The fourth-order valence-electron chi connectivity index (χ4n) is 1.04. The van der Waals surface area contributed by atoms with Crippen LogP contribution < -0.4 is 4.74 Å². The molecule has 3 nitrogen and oxygen atoms in total. The van der Waals surface area contributed by atoms with Crippen molar-refractivity contribution in [3.63, 3.8) is 0 Å². The van der Waals surface area contributed by atoms with E-state index in [1.165, 1.54) is 13.2 Å². The normalized spacial score (nSPS) is 9.77. The van der Waals surface area contributed by atoms with E-state index in [9.17, 15) is 4.79 Å². The van der Waals surface area contributed by atoms with Gasteiger partial charge in [-0.25, -0.2) is 4.79 Å². The molecule has 4 heteroatoms. The van der Waals surface area contributed by atoms with Crippen molar-refractivity contribution in [2.24, 2.45) is 0 Å². The summed E-state index contributed by atoms with van der Waals surface area (Å²) in [5.41, 5.74) is 0.833. The van der Waals surface area contributed by atoms with Crippen LogP contribution in [0.1, 0.15) is 15.9 Å². The van der Waals surface area contributed by atoms with Gasteiger partial charge in [-0.3, -0.25) is 0 Å². The average Bonchev–Trinajstić information content (AvgIpc) is 2.07. The molecular formula is C9H9ClO3. The summed E-state index contributed by atoms with van der Waals surface area (Å²) in [6.45, 7) is 1.70. The molecule has 13 heavy (non-hydrogen) atoms. The van der Waals surface area contributed by atoms with Crippen molar-refractivity contribution in [2.45, 2.75) is 6.92 Å². The molecule has 0 atom stereocenters. The third-order valence-corrected chi connectivity index (χ3v) is 2.02. The smallest absolute Gasteiger partial charge is 0.336 e. The molecule has 1 aromatic carbocycles. The van der Waals surface area contributed by atoms with E-state index in [1.54, 1.807) is 13.0 Å². The van der Waals surface area contributed by atoms with Crippen LogP contribution in [-0.4, -0.2) is 18.2 Å². The lowest BCUT2D eigenvalue weighted by atomic mass is 10.1. The van der Waals surface area contributed by atoms with E-state index >= 15 is 0 Å². The van der Waals surface area contributed by atoms with Crippen LogP contribution in [0.5, 0.6) is 5.75 Å². The number of rotatable bonds is 2. The zero-order chi connectivity index (χ0) is 10.0. The molecule has 0 heterocycles. The Kier molecular flexibility index (Phi) is 2.78. The van der Waals surface area contributed by atoms with Crippen LogP contribution in [0.15, 0.2) is 12.1 Å². The lowest BCUT2D eigenvalue weighted by Crippen LogP contribution is -2.00. The van der Waals surface area contributed by atoms with Gasteiger partial charge in [0.05, 0.1) is 17.7 Å². The molecule has 0 aliphatic carbocycles. The highest BCUT2D eigenvalue weighted by atomic mass is 35.5. The first kappa shape index (κ1) is 9.86. The maximum atomic E-state index is 10.7. The van der Waals surface area contributed by atoms with Gasteiger partial charge in [-0.15, -0.1) is 0 Å². The maximum Gasteiger partial charge on any atom is 0.336 e. The molecular weight excluding hydrogens is 192 g/mol. The lowest BCUT2D eigenvalue weighted by molar-refractivity contribution is 0.0696. The second kappa shape index (κ2) is 3.66. The topological polar surface area (TPSA) is 46.5 Å². The highest BCUT2D eigenvalue weighted by Gasteiger charge is 2.11. The van der Waals surface area contributed by atoms with Crippen LogP contribution in [0.3, 0.4) is 0 Å². The Labute approximate surface area is 80.9 Å². The lowest BCUT2D eigenvalue weighted by Gasteiger charge is -2.06. The Balaban J connectivity index is 3.28. The molecule has 0 unspecified atom stereocenters. The Bertz CT molecular complexity index is 347. The van der Waals surface area contributed by atoms with Gasteiger partial charge in [0.25, 0.3) is 0 Å². The molecule has 0 saturated carbocycles. The predicted molar refractivity (Wildman–Crippen MR) is 49.7 cm³/mol. The SMILES string of the molecule is COc1cc(C)c(C(=O)O)cc1Cl. The first-order valence-electron chi connectivity index (χ1n) is 3.63. The number of carbonyl (C=O) groups is 1. The maximum absolute atomic E-state index is 10.7. The number of aromatic carboxylic acids is 1. The summed E-state index contributed by atoms with van der Waals surface area (Å²) in [4.78, 5) is 10.7. The van der Waals surface area contributed by atoms with Gasteiger partial charge >= 0.3 is 5.97 Å². The van der Waals surface area contributed by atoms with Crippen molar-refractivity contribution in [1.82, 2.24) is 0 Å². The first-order valence-corrected chi connectivity index (χ1v) is 4.01. The average molecular weight is 201 g/mol. The minimum Gasteiger partial charge on any atom is -0.495 e. The minimum absolute atomic E-state index is 0.200. The van der Waals surface area contributed by atoms with Gasteiger partial charge in [-0.1, -0.05) is 11.6 Å². The Hall–Kier alpha value is -1.22. The van der Waals surface area contributed by atoms with Crippen molar-refractivity contribution in [3.8, 4) is 5.75 Å². The second-order valence-corrected chi connectivity index (χ2v) is 3.01. The van der Waals surface area contributed by atoms with Gasteiger partial charge in [0.2, 0.25) is 0 Å². The Morgan fingerprint density at radius 3 is 2.62 bits per heavy atom. The molecule has 0 spiro atoms. The number of methoxy groups -OCH3 is 1. The highest BCUT2D eigenvalue weighted by Crippen LogP contribution is 2.27. The van der Waals surface area contributed by atoms with Crippen molar-refractivity contribution >= 4 is 17.6 Å². The van der Waals surface area contributed by atoms with Gasteiger partial charge in [-0.2, -0.15) is 0 Å². The monoisotopic (exact) mass is 200 g/mol. The van der Waals surface area contributed by atoms with Crippen LogP contribution in [0.4, 0.5) is 0 Å². The first-order chi connectivity index (χ1) is 6.06. The van der Waals surface area contributed by atoms with Crippen LogP contribution in [-0.2, 0) is 0 Å². The van der Waals surface area contributed by atoms with Crippen molar-refractivity contribution in [2.75, 3.05) is 7.11 Å². The second-order valence-electron chi connectivity index (χ2n) is 2.61. The summed E-state index contributed by atoms with van der Waals surface area (Å²) in [7, 11) is 1.49. The molecule has 0 amide bonds. The van der Waals surface area contributed by atoms with Crippen LogP contribution in [0.2, 0.25) is 5.02 Å². The zero-order valence-corrected chi connectivity index (χ0v) is 8.05. The third kappa shape index (κ3) is 1.92. The highest BCUT2D eigenvalue weighted by molar-refractivity contribution is 6.32. The summed E-state index contributed by atoms with van der Waals surface area (Å²) < 4.78 is 4.94. The van der Waals surface area contributed by atoms with E-state index < -0.39 is 5.97 Å². The zero-order valence-electron chi connectivity index (χ0n) is 7.30. The molecule has 0 aliphatic heterocycles. The summed E-state index contributed by atoms with van der Waals surface area (Å²) >= 11 is 5.76. The molecule has 0 fully saturated rings. The van der Waals surface area contributed by atoms with Crippen LogP contribution in [0.25, 0.3) is 0 Å². The summed E-state index contributed by atoms with van der Waals surface area (Å²) in [5.74, 6) is -0.494. The molecule has 0 saturated heterocycles. The van der Waals surface area contributed by atoms with E-state index in [0.29, 0.717) is 16.3 Å². The van der Waals surface area contributed by atoms with Gasteiger partial charge in [0.1, 0.15) is 5.75 Å². The van der Waals surface area contributed by atoms with Gasteiger partial charge < -0.3 is 9.84 Å². The molecule has 70 valence electrons. The third-order valence-electron chi connectivity index (χ3n) is 1.73. The van der Waals surface area contributed by atoms with E-state index in [1.807, 2.05) is 0 Å². The number of hydrogen-bond donors (Lipinski definition) is 1. The molecule has 0 bridgehead atoms. The number of hydrogen-bond acceptors (Lipinski definition) is 2. The Morgan fingerprint density at radius 1 is 1.54 bits per heavy atom. The summed E-state index contributed by atoms with van der Waals surface area (Å²) in [6.07, 6.45) is 0. The van der Waals surface area contributed by atoms with Gasteiger partial charge in [-0.05, 0) is 24.6 Å². The fourth-order valence-corrected chi connectivity index (χ4v) is 1.28. The van der Waals surface area contributed by atoms with Crippen molar-refractivity contribution in [3.05, 3.63) is 28.3 Å². The Morgan fingerprint density at radius 2 is 2.15 bits per heavy atom. The number of benzene rings is 1. The minimum atomic E-state index is -0.984. The summed E-state index contributed by atoms with van der Waals surface area (Å²) in [6, 6.07) is 2.99. The van der Waals surface area contributed by atoms with E-state index in [-0.39, 0.29) is 5.56 Å². The molecule has 0 aliphatic rings. The largest absolute Gasteiger partial charge is 0.495 e. The molecule has 0 aromatic heterocycles. The van der Waals surface area contributed by atoms with Crippen molar-refractivity contribution < 1.29 is 14.6 Å². The van der Waals surface area contributed by atoms with Gasteiger partial charge in [0, 0.05) is 0 Å². The summed E-state index contributed by atoms with van der Waals surface area (Å²) in [5, 5.41) is 9.06. The molecule has 1 N–H and O–H groups in total. The molecule has 1 aromatic rings. The van der Waals surface area contributed by atoms with E-state index in [2.05, 4.69) is 0 Å². The number of ether oxygens (including phenoxy) is 1. The molecule has 0 radical (unpaired) electrons. The number of carboxylic acids is 1. The molecule has 1 rings (SSSR count). The van der Waals surface area contributed by atoms with E-state index in [4.69, 9.17) is 21.4 Å². The van der Waals surface area contributed by atoms with Gasteiger partial charge in [0.15, 0.2) is 0 Å². The fraction of sp³-hybridized carbons (Fsp3) is 0.222. The standard InChI is InChI=1S/C9H9ClO3/c1-5-3-8(13-2)7(10)4-6(5)9(11)12/h3-4H,1-2H3,(H,11,12). The number of aryl methyl sites for hydroxylation is 1. The van der Waals surface area contributed by atoms with E-state index in [0.717, 1.165) is 0 Å². The van der Waals surface area contributed by atoms with Crippen LogP contribution in [0, 0.1) is 6.92 Å². The van der Waals surface area contributed by atoms with Crippen molar-refractivity contribution in [1.29, 1.82) is 0 Å².